The molecule has 1 aromatic rings. The lowest BCUT2D eigenvalue weighted by atomic mass is 10.3. The smallest absolute Gasteiger partial charge is 0.257 e. The standard InChI is InChI=1S/C11H19N3O3/c1-8-11(9(2)14(3)13-8)17-7-10(16)12-5-4-6-15/h15H,4-7H2,1-3H3,(H,12,16). The lowest BCUT2D eigenvalue weighted by Crippen LogP contribution is -2.30. The van der Waals surface area contributed by atoms with Crippen LogP contribution < -0.4 is 10.1 Å². The van der Waals surface area contributed by atoms with E-state index >= 15 is 0 Å². The van der Waals surface area contributed by atoms with E-state index in [9.17, 15) is 4.79 Å². The number of ether oxygens (including phenoxy) is 1. The van der Waals surface area contributed by atoms with Gasteiger partial charge in [0.2, 0.25) is 0 Å². The van der Waals surface area contributed by atoms with Crippen molar-refractivity contribution in [1.29, 1.82) is 0 Å². The van der Waals surface area contributed by atoms with Crippen LogP contribution >= 0.6 is 0 Å². The Morgan fingerprint density at radius 3 is 2.76 bits per heavy atom. The van der Waals surface area contributed by atoms with Crippen molar-refractivity contribution < 1.29 is 14.6 Å². The first-order valence-corrected chi connectivity index (χ1v) is 5.56. The van der Waals surface area contributed by atoms with Crippen LogP contribution in [-0.4, -0.2) is 40.6 Å². The van der Waals surface area contributed by atoms with Crippen molar-refractivity contribution in [3.05, 3.63) is 11.4 Å². The van der Waals surface area contributed by atoms with Crippen LogP contribution in [0.2, 0.25) is 0 Å². The van der Waals surface area contributed by atoms with E-state index < -0.39 is 0 Å². The Balaban J connectivity index is 2.42. The molecule has 1 aromatic heterocycles. The maximum atomic E-state index is 11.4. The van der Waals surface area contributed by atoms with Crippen LogP contribution in [0.1, 0.15) is 17.8 Å². The molecule has 0 spiro atoms. The van der Waals surface area contributed by atoms with Crippen LogP contribution in [0.5, 0.6) is 5.75 Å². The number of aliphatic hydroxyl groups excluding tert-OH is 1. The molecular weight excluding hydrogens is 222 g/mol. The number of carbonyl (C=O) groups is 1. The first kappa shape index (κ1) is 13.5. The number of nitrogens with one attached hydrogen (secondary N) is 1. The van der Waals surface area contributed by atoms with E-state index in [1.54, 1.807) is 4.68 Å². The summed E-state index contributed by atoms with van der Waals surface area (Å²) in [5.41, 5.74) is 1.67. The van der Waals surface area contributed by atoms with Gasteiger partial charge < -0.3 is 15.2 Å². The van der Waals surface area contributed by atoms with Crippen LogP contribution in [0.4, 0.5) is 0 Å². The normalized spacial score (nSPS) is 10.4. The molecule has 96 valence electrons. The Morgan fingerprint density at radius 2 is 2.24 bits per heavy atom. The highest BCUT2D eigenvalue weighted by molar-refractivity contribution is 5.77. The molecule has 0 aliphatic carbocycles. The molecule has 17 heavy (non-hydrogen) atoms. The van der Waals surface area contributed by atoms with Gasteiger partial charge in [-0.05, 0) is 20.3 Å². The molecule has 0 aromatic carbocycles. The zero-order chi connectivity index (χ0) is 12.8. The largest absolute Gasteiger partial charge is 0.480 e. The van der Waals surface area contributed by atoms with Crippen LogP contribution in [0.15, 0.2) is 0 Å². The van der Waals surface area contributed by atoms with Gasteiger partial charge in [0.25, 0.3) is 5.91 Å². The molecule has 0 radical (unpaired) electrons. The van der Waals surface area contributed by atoms with E-state index in [0.717, 1.165) is 11.4 Å². The van der Waals surface area contributed by atoms with Crippen molar-refractivity contribution in [1.82, 2.24) is 15.1 Å². The third kappa shape index (κ3) is 3.74. The van der Waals surface area contributed by atoms with Crippen molar-refractivity contribution >= 4 is 5.91 Å². The number of aliphatic hydroxyl groups is 1. The highest BCUT2D eigenvalue weighted by Crippen LogP contribution is 2.20. The van der Waals surface area contributed by atoms with E-state index in [-0.39, 0.29) is 19.1 Å². The molecule has 0 unspecified atom stereocenters. The lowest BCUT2D eigenvalue weighted by molar-refractivity contribution is -0.123. The summed E-state index contributed by atoms with van der Waals surface area (Å²) >= 11 is 0. The molecule has 1 heterocycles. The van der Waals surface area contributed by atoms with Gasteiger partial charge in [0, 0.05) is 20.2 Å². The fourth-order valence-electron chi connectivity index (χ4n) is 1.46. The van der Waals surface area contributed by atoms with Crippen molar-refractivity contribution in [2.24, 2.45) is 7.05 Å². The first-order valence-electron chi connectivity index (χ1n) is 5.56. The van der Waals surface area contributed by atoms with Gasteiger partial charge in [0.1, 0.15) is 5.69 Å². The second-order valence-corrected chi connectivity index (χ2v) is 3.84. The van der Waals surface area contributed by atoms with E-state index in [1.807, 2.05) is 20.9 Å². The fraction of sp³-hybridized carbons (Fsp3) is 0.636. The summed E-state index contributed by atoms with van der Waals surface area (Å²) in [6, 6.07) is 0. The number of hydrogen-bond donors (Lipinski definition) is 2. The second kappa shape index (κ2) is 6.24. The van der Waals surface area contributed by atoms with Gasteiger partial charge in [0.05, 0.1) is 5.69 Å². The van der Waals surface area contributed by atoms with Gasteiger partial charge in [-0.25, -0.2) is 0 Å². The third-order valence-corrected chi connectivity index (χ3v) is 2.45. The summed E-state index contributed by atoms with van der Waals surface area (Å²) in [5.74, 6) is 0.464. The predicted molar refractivity (Wildman–Crippen MR) is 62.9 cm³/mol. The molecular formula is C11H19N3O3. The first-order chi connectivity index (χ1) is 8.06. The maximum Gasteiger partial charge on any atom is 0.257 e. The monoisotopic (exact) mass is 241 g/mol. The minimum Gasteiger partial charge on any atom is -0.480 e. The van der Waals surface area contributed by atoms with Crippen LogP contribution in [-0.2, 0) is 11.8 Å². The van der Waals surface area contributed by atoms with Crippen LogP contribution in [0.3, 0.4) is 0 Å². The number of aromatic nitrogens is 2. The summed E-state index contributed by atoms with van der Waals surface area (Å²) < 4.78 is 7.14. The SMILES string of the molecule is Cc1nn(C)c(C)c1OCC(=O)NCCCO. The highest BCUT2D eigenvalue weighted by Gasteiger charge is 2.12. The van der Waals surface area contributed by atoms with Crippen LogP contribution in [0.25, 0.3) is 0 Å². The molecule has 0 fully saturated rings. The number of rotatable bonds is 6. The molecule has 6 nitrogen and oxygen atoms in total. The van der Waals surface area contributed by atoms with E-state index in [0.29, 0.717) is 18.7 Å². The summed E-state index contributed by atoms with van der Waals surface area (Å²) in [5, 5.41) is 15.4. The molecule has 6 heteroatoms. The molecule has 0 aliphatic rings. The molecule has 0 saturated heterocycles. The van der Waals surface area contributed by atoms with Crippen molar-refractivity contribution in [2.45, 2.75) is 20.3 Å². The lowest BCUT2D eigenvalue weighted by Gasteiger charge is -2.07. The molecule has 1 amide bonds. The van der Waals surface area contributed by atoms with Crippen molar-refractivity contribution in [2.75, 3.05) is 19.8 Å². The minimum absolute atomic E-state index is 0.0290. The Morgan fingerprint density at radius 1 is 1.53 bits per heavy atom. The molecule has 0 atom stereocenters. The molecule has 0 bridgehead atoms. The maximum absolute atomic E-state index is 11.4. The average Bonchev–Trinajstić information content (AvgIpc) is 2.51. The summed E-state index contributed by atoms with van der Waals surface area (Å²) in [7, 11) is 1.83. The Labute approximate surface area is 101 Å². The average molecular weight is 241 g/mol. The van der Waals surface area contributed by atoms with Gasteiger partial charge in [-0.15, -0.1) is 0 Å². The number of aryl methyl sites for hydroxylation is 2. The molecule has 0 aliphatic heterocycles. The third-order valence-electron chi connectivity index (χ3n) is 2.45. The summed E-state index contributed by atoms with van der Waals surface area (Å²) in [4.78, 5) is 11.4. The number of carbonyl (C=O) groups excluding carboxylic acids is 1. The zero-order valence-corrected chi connectivity index (χ0v) is 10.5. The van der Waals surface area contributed by atoms with Crippen LogP contribution in [0, 0.1) is 13.8 Å². The summed E-state index contributed by atoms with van der Waals surface area (Å²) in [6.07, 6.45) is 0.552. The van der Waals surface area contributed by atoms with Crippen molar-refractivity contribution in [3.63, 3.8) is 0 Å². The summed E-state index contributed by atoms with van der Waals surface area (Å²) in [6.45, 7) is 4.23. The number of amides is 1. The molecule has 0 saturated carbocycles. The number of hydrogen-bond acceptors (Lipinski definition) is 4. The zero-order valence-electron chi connectivity index (χ0n) is 10.5. The van der Waals surface area contributed by atoms with Gasteiger partial charge in [-0.3, -0.25) is 9.48 Å². The van der Waals surface area contributed by atoms with Gasteiger partial charge in [0.15, 0.2) is 12.4 Å². The number of nitrogens with zero attached hydrogens (tertiary/aromatic N) is 2. The van der Waals surface area contributed by atoms with E-state index in [1.165, 1.54) is 0 Å². The van der Waals surface area contributed by atoms with Gasteiger partial charge >= 0.3 is 0 Å². The minimum atomic E-state index is -0.193. The Bertz CT molecular complexity index is 388. The fourth-order valence-corrected chi connectivity index (χ4v) is 1.46. The predicted octanol–water partition coefficient (Wildman–Crippen LogP) is -0.0857. The van der Waals surface area contributed by atoms with E-state index in [4.69, 9.17) is 9.84 Å². The Hall–Kier alpha value is -1.56. The van der Waals surface area contributed by atoms with Crippen molar-refractivity contribution in [3.8, 4) is 5.75 Å². The quantitative estimate of drug-likeness (QED) is 0.683. The highest BCUT2D eigenvalue weighted by atomic mass is 16.5. The molecule has 2 N–H and O–H groups in total. The van der Waals surface area contributed by atoms with Gasteiger partial charge in [-0.1, -0.05) is 0 Å². The van der Waals surface area contributed by atoms with Gasteiger partial charge in [-0.2, -0.15) is 5.10 Å². The topological polar surface area (TPSA) is 76.4 Å². The molecule has 1 rings (SSSR count). The Kier molecular flexibility index (Phi) is 4.96. The second-order valence-electron chi connectivity index (χ2n) is 3.84. The van der Waals surface area contributed by atoms with E-state index in [2.05, 4.69) is 10.4 Å².